The highest BCUT2D eigenvalue weighted by Crippen LogP contribution is 2.27. The van der Waals surface area contributed by atoms with E-state index >= 15 is 0 Å². The minimum absolute atomic E-state index is 0.0243. The lowest BCUT2D eigenvalue weighted by Crippen LogP contribution is -2.26. The van der Waals surface area contributed by atoms with Crippen LogP contribution in [0.4, 0.5) is 0 Å². The van der Waals surface area contributed by atoms with Crippen molar-refractivity contribution in [1.29, 1.82) is 0 Å². The van der Waals surface area contributed by atoms with Gasteiger partial charge in [0.25, 0.3) is 0 Å². The van der Waals surface area contributed by atoms with Crippen LogP contribution >= 0.6 is 0 Å². The molecule has 0 fully saturated rings. The van der Waals surface area contributed by atoms with Crippen molar-refractivity contribution in [2.45, 2.75) is 65.7 Å². The van der Waals surface area contributed by atoms with Crippen LogP contribution in [0.15, 0.2) is 0 Å². The number of esters is 2. The van der Waals surface area contributed by atoms with Crippen molar-refractivity contribution >= 4 is 24.0 Å². The van der Waals surface area contributed by atoms with Crippen LogP contribution in [0.2, 0.25) is 0 Å². The molecule has 0 saturated heterocycles. The molecule has 0 spiro atoms. The largest absolute Gasteiger partial charge is 0.466 e. The smallest absolute Gasteiger partial charge is 0.305 e. The second-order valence-corrected chi connectivity index (χ2v) is 5.96. The van der Waals surface area contributed by atoms with Gasteiger partial charge < -0.3 is 14.3 Å². The molecule has 0 aliphatic rings. The van der Waals surface area contributed by atoms with Crippen molar-refractivity contribution in [3.8, 4) is 0 Å². The molecule has 132 valence electrons. The van der Waals surface area contributed by atoms with Gasteiger partial charge in [0.1, 0.15) is 12.1 Å². The number of carbonyl (C=O) groups is 4. The summed E-state index contributed by atoms with van der Waals surface area (Å²) in [5.41, 5.74) is -0.662. The molecular formula is C17H28O6. The third kappa shape index (κ3) is 10.6. The highest BCUT2D eigenvalue weighted by Gasteiger charge is 2.28. The lowest BCUT2D eigenvalue weighted by molar-refractivity contribution is -0.144. The molecule has 0 aliphatic heterocycles. The van der Waals surface area contributed by atoms with Gasteiger partial charge in [-0.15, -0.1) is 0 Å². The van der Waals surface area contributed by atoms with E-state index in [1.165, 1.54) is 13.8 Å². The minimum Gasteiger partial charge on any atom is -0.466 e. The lowest BCUT2D eigenvalue weighted by atomic mass is 9.79. The Bertz CT molecular complexity index is 404. The first kappa shape index (κ1) is 21.3. The summed E-state index contributed by atoms with van der Waals surface area (Å²) in [7, 11) is 0. The molecule has 0 N–H and O–H groups in total. The average Bonchev–Trinajstić information content (AvgIpc) is 2.47. The third-order valence-electron chi connectivity index (χ3n) is 3.85. The van der Waals surface area contributed by atoms with Crippen LogP contribution < -0.4 is 0 Å². The average molecular weight is 328 g/mol. The van der Waals surface area contributed by atoms with Gasteiger partial charge in [0.05, 0.1) is 13.2 Å². The molecule has 0 bridgehead atoms. The topological polar surface area (TPSA) is 86.7 Å². The van der Waals surface area contributed by atoms with Crippen LogP contribution in [0.3, 0.4) is 0 Å². The summed E-state index contributed by atoms with van der Waals surface area (Å²) in [6.07, 6.45) is 4.58. The fourth-order valence-corrected chi connectivity index (χ4v) is 2.09. The fourth-order valence-electron chi connectivity index (χ4n) is 2.09. The molecule has 0 saturated carbocycles. The molecule has 0 radical (unpaired) electrons. The zero-order valence-corrected chi connectivity index (χ0v) is 14.4. The Morgan fingerprint density at radius 3 is 2.17 bits per heavy atom. The second kappa shape index (κ2) is 11.8. The normalized spacial score (nSPS) is 13.0. The molecule has 0 rings (SSSR count). The predicted molar refractivity (Wildman–Crippen MR) is 84.8 cm³/mol. The Kier molecular flexibility index (Phi) is 10.9. The maximum absolute atomic E-state index is 11.6. The maximum atomic E-state index is 11.6. The Balaban J connectivity index is 3.72. The predicted octanol–water partition coefficient (Wildman–Crippen LogP) is 2.62. The van der Waals surface area contributed by atoms with E-state index in [-0.39, 0.29) is 30.7 Å². The van der Waals surface area contributed by atoms with Crippen LogP contribution in [-0.2, 0) is 28.7 Å². The maximum Gasteiger partial charge on any atom is 0.305 e. The molecule has 1 unspecified atom stereocenters. The summed E-state index contributed by atoms with van der Waals surface area (Å²) in [4.78, 5) is 44.3. The monoisotopic (exact) mass is 328 g/mol. The number of ether oxygens (including phenoxy) is 2. The molecule has 1 atom stereocenters. The van der Waals surface area contributed by atoms with Crippen LogP contribution in [0, 0.1) is 5.41 Å². The number of hydrogen-bond acceptors (Lipinski definition) is 6. The second-order valence-electron chi connectivity index (χ2n) is 5.96. The Labute approximate surface area is 137 Å². The first-order valence-corrected chi connectivity index (χ1v) is 8.05. The highest BCUT2D eigenvalue weighted by atomic mass is 16.5. The van der Waals surface area contributed by atoms with Crippen LogP contribution in [0.5, 0.6) is 0 Å². The minimum atomic E-state index is -0.662. The van der Waals surface area contributed by atoms with E-state index in [1.807, 2.05) is 0 Å². The van der Waals surface area contributed by atoms with E-state index < -0.39 is 5.41 Å². The highest BCUT2D eigenvalue weighted by molar-refractivity contribution is 5.84. The standard InChI is InChI=1S/C17H28O6/c1-14(19)17(3,10-11-18)9-7-13-23-16(21)8-5-4-6-12-22-15(2)20/h11H,4-10,12-13H2,1-3H3. The van der Waals surface area contributed by atoms with Crippen molar-refractivity contribution in [3.63, 3.8) is 0 Å². The summed E-state index contributed by atoms with van der Waals surface area (Å²) in [6.45, 7) is 5.24. The number of aldehydes is 1. The summed E-state index contributed by atoms with van der Waals surface area (Å²) in [6, 6.07) is 0. The van der Waals surface area contributed by atoms with E-state index in [4.69, 9.17) is 9.47 Å². The van der Waals surface area contributed by atoms with E-state index in [0.717, 1.165) is 19.1 Å². The van der Waals surface area contributed by atoms with E-state index in [9.17, 15) is 19.2 Å². The van der Waals surface area contributed by atoms with E-state index in [0.29, 0.717) is 32.3 Å². The van der Waals surface area contributed by atoms with E-state index in [1.54, 1.807) is 6.92 Å². The molecule has 0 aromatic carbocycles. The Morgan fingerprint density at radius 2 is 1.61 bits per heavy atom. The van der Waals surface area contributed by atoms with Gasteiger partial charge in [-0.3, -0.25) is 14.4 Å². The van der Waals surface area contributed by atoms with Gasteiger partial charge in [-0.05, 0) is 39.0 Å². The Morgan fingerprint density at radius 1 is 0.957 bits per heavy atom. The van der Waals surface area contributed by atoms with Crippen LogP contribution in [0.25, 0.3) is 0 Å². The van der Waals surface area contributed by atoms with Crippen molar-refractivity contribution < 1.29 is 28.7 Å². The summed E-state index contributed by atoms with van der Waals surface area (Å²) >= 11 is 0. The van der Waals surface area contributed by atoms with Gasteiger partial charge >= 0.3 is 11.9 Å². The number of carbonyl (C=O) groups excluding carboxylic acids is 4. The SMILES string of the molecule is CC(=O)OCCCCCC(=O)OCCCC(C)(CC=O)C(C)=O. The van der Waals surface area contributed by atoms with Crippen molar-refractivity contribution in [3.05, 3.63) is 0 Å². The Hall–Kier alpha value is -1.72. The molecule has 0 aromatic heterocycles. The van der Waals surface area contributed by atoms with Crippen molar-refractivity contribution in [1.82, 2.24) is 0 Å². The molecule has 0 aliphatic carbocycles. The van der Waals surface area contributed by atoms with Crippen molar-refractivity contribution in [2.75, 3.05) is 13.2 Å². The number of unbranched alkanes of at least 4 members (excludes halogenated alkanes) is 2. The summed E-state index contributed by atoms with van der Waals surface area (Å²) in [5.74, 6) is -0.586. The molecule has 23 heavy (non-hydrogen) atoms. The first-order chi connectivity index (χ1) is 10.8. The van der Waals surface area contributed by atoms with Gasteiger partial charge in [0.2, 0.25) is 0 Å². The van der Waals surface area contributed by atoms with Crippen molar-refractivity contribution in [2.24, 2.45) is 5.41 Å². The van der Waals surface area contributed by atoms with Gasteiger partial charge in [-0.1, -0.05) is 6.92 Å². The van der Waals surface area contributed by atoms with Gasteiger partial charge in [0, 0.05) is 25.2 Å². The van der Waals surface area contributed by atoms with E-state index in [2.05, 4.69) is 0 Å². The molecule has 0 heterocycles. The van der Waals surface area contributed by atoms with Gasteiger partial charge in [0.15, 0.2) is 0 Å². The van der Waals surface area contributed by atoms with Gasteiger partial charge in [-0.2, -0.15) is 0 Å². The molecule has 0 aromatic rings. The fraction of sp³-hybridized carbons (Fsp3) is 0.765. The number of Topliss-reactive ketones (excluding diaryl/α,β-unsaturated/α-hetero) is 1. The zero-order chi connectivity index (χ0) is 17.7. The molecular weight excluding hydrogens is 300 g/mol. The third-order valence-corrected chi connectivity index (χ3v) is 3.85. The number of hydrogen-bond donors (Lipinski definition) is 0. The van der Waals surface area contributed by atoms with Gasteiger partial charge in [-0.25, -0.2) is 0 Å². The summed E-state index contributed by atoms with van der Waals surface area (Å²) < 4.78 is 9.91. The molecule has 6 nitrogen and oxygen atoms in total. The van der Waals surface area contributed by atoms with Crippen LogP contribution in [-0.4, -0.2) is 37.2 Å². The quantitative estimate of drug-likeness (QED) is 0.293. The molecule has 0 amide bonds. The first-order valence-electron chi connectivity index (χ1n) is 8.05. The zero-order valence-electron chi connectivity index (χ0n) is 14.4. The summed E-state index contributed by atoms with van der Waals surface area (Å²) in [5, 5.41) is 0. The molecule has 6 heteroatoms. The lowest BCUT2D eigenvalue weighted by Gasteiger charge is -2.23. The number of ketones is 1. The van der Waals surface area contributed by atoms with Crippen LogP contribution in [0.1, 0.15) is 65.7 Å². The number of rotatable bonds is 13.